The predicted octanol–water partition coefficient (Wildman–Crippen LogP) is 3.32. The first-order valence-corrected chi connectivity index (χ1v) is 10.3. The summed E-state index contributed by atoms with van der Waals surface area (Å²) >= 11 is 0.794. The third-order valence-electron chi connectivity index (χ3n) is 4.57. The number of imide groups is 1. The van der Waals surface area contributed by atoms with E-state index in [-0.39, 0.29) is 23.6 Å². The molecule has 1 heterocycles. The van der Waals surface area contributed by atoms with Crippen molar-refractivity contribution < 1.29 is 33.0 Å². The second kappa shape index (κ2) is 10.2. The minimum absolute atomic E-state index is 0.0156. The highest BCUT2D eigenvalue weighted by molar-refractivity contribution is 8.18. The number of ether oxygens (including phenoxy) is 3. The molecule has 0 saturated carbocycles. The summed E-state index contributed by atoms with van der Waals surface area (Å²) in [5, 5.41) is 2.12. The van der Waals surface area contributed by atoms with Crippen molar-refractivity contribution in [3.05, 3.63) is 58.2 Å². The van der Waals surface area contributed by atoms with E-state index in [1.54, 1.807) is 18.2 Å². The Balaban J connectivity index is 1.69. The van der Waals surface area contributed by atoms with Gasteiger partial charge in [0, 0.05) is 18.7 Å². The molecule has 1 N–H and O–H groups in total. The molecular weight excluding hydrogens is 439 g/mol. The molecule has 1 saturated heterocycles. The average Bonchev–Trinajstić information content (AvgIpc) is 3.05. The Morgan fingerprint density at radius 2 is 1.78 bits per heavy atom. The lowest BCUT2D eigenvalue weighted by Gasteiger charge is -2.13. The summed E-state index contributed by atoms with van der Waals surface area (Å²) in [7, 11) is 4.44. The van der Waals surface area contributed by atoms with E-state index >= 15 is 0 Å². The van der Waals surface area contributed by atoms with Gasteiger partial charge in [0.1, 0.15) is 5.82 Å². The van der Waals surface area contributed by atoms with Crippen LogP contribution in [0.15, 0.2) is 41.3 Å². The van der Waals surface area contributed by atoms with Gasteiger partial charge in [-0.25, -0.2) is 4.39 Å². The van der Waals surface area contributed by atoms with E-state index in [0.29, 0.717) is 22.8 Å². The van der Waals surface area contributed by atoms with E-state index in [1.165, 1.54) is 39.5 Å². The Morgan fingerprint density at radius 1 is 1.09 bits per heavy atom. The molecule has 0 aromatic heterocycles. The molecule has 0 spiro atoms. The van der Waals surface area contributed by atoms with Crippen LogP contribution in [0.3, 0.4) is 0 Å². The van der Waals surface area contributed by atoms with Crippen molar-refractivity contribution in [1.29, 1.82) is 0 Å². The summed E-state index contributed by atoms with van der Waals surface area (Å²) in [6.07, 6.45) is 1.56. The largest absolute Gasteiger partial charge is 0.493 e. The van der Waals surface area contributed by atoms with Gasteiger partial charge in [-0.2, -0.15) is 0 Å². The van der Waals surface area contributed by atoms with Crippen LogP contribution in [0.2, 0.25) is 0 Å². The van der Waals surface area contributed by atoms with Crippen molar-refractivity contribution in [2.75, 3.05) is 34.4 Å². The molecule has 1 aliphatic heterocycles. The maximum absolute atomic E-state index is 13.2. The van der Waals surface area contributed by atoms with Crippen LogP contribution in [0, 0.1) is 5.82 Å². The maximum atomic E-state index is 13.2. The molecule has 0 atom stereocenters. The summed E-state index contributed by atoms with van der Waals surface area (Å²) < 4.78 is 29.1. The van der Waals surface area contributed by atoms with E-state index in [1.807, 2.05) is 0 Å². The smallest absolute Gasteiger partial charge is 0.293 e. The number of nitrogens with zero attached hydrogens (tertiary/aromatic N) is 1. The minimum atomic E-state index is -0.527. The lowest BCUT2D eigenvalue weighted by Crippen LogP contribution is -2.37. The van der Waals surface area contributed by atoms with Gasteiger partial charge in [0.05, 0.1) is 26.2 Å². The molecule has 2 aromatic rings. The van der Waals surface area contributed by atoms with Gasteiger partial charge in [0.2, 0.25) is 5.75 Å². The van der Waals surface area contributed by atoms with E-state index in [9.17, 15) is 18.8 Å². The van der Waals surface area contributed by atoms with Gasteiger partial charge < -0.3 is 19.5 Å². The topological polar surface area (TPSA) is 94.2 Å². The van der Waals surface area contributed by atoms with Gasteiger partial charge >= 0.3 is 0 Å². The number of hydrogen-bond acceptors (Lipinski definition) is 7. The number of amides is 3. The molecule has 3 amide bonds. The minimum Gasteiger partial charge on any atom is -0.493 e. The number of carbonyl (C=O) groups excluding carboxylic acids is 3. The summed E-state index contributed by atoms with van der Waals surface area (Å²) in [6.45, 7) is 0.0170. The average molecular weight is 460 g/mol. The molecule has 0 radical (unpaired) electrons. The third kappa shape index (κ3) is 5.02. The Kier molecular flexibility index (Phi) is 7.37. The standard InChI is InChI=1S/C22H21FN2O6S/c1-29-16-9-13(10-17(30-2)19(16)31-3)11-18-21(27)25(22(28)32-18)8-7-24-20(26)14-5-4-6-15(23)12-14/h4-6,9-12H,7-8H2,1-3H3,(H,24,26)/b18-11-. The van der Waals surface area contributed by atoms with E-state index < -0.39 is 22.9 Å². The highest BCUT2D eigenvalue weighted by Crippen LogP contribution is 2.40. The van der Waals surface area contributed by atoms with Crippen LogP contribution in [-0.2, 0) is 4.79 Å². The van der Waals surface area contributed by atoms with Crippen molar-refractivity contribution in [1.82, 2.24) is 10.2 Å². The number of halogens is 1. The van der Waals surface area contributed by atoms with Crippen molar-refractivity contribution in [2.45, 2.75) is 0 Å². The number of methoxy groups -OCH3 is 3. The summed E-state index contributed by atoms with van der Waals surface area (Å²) in [4.78, 5) is 38.4. The van der Waals surface area contributed by atoms with Crippen LogP contribution >= 0.6 is 11.8 Å². The molecule has 1 aliphatic rings. The van der Waals surface area contributed by atoms with Gasteiger partial charge in [-0.3, -0.25) is 19.3 Å². The number of hydrogen-bond donors (Lipinski definition) is 1. The highest BCUT2D eigenvalue weighted by Gasteiger charge is 2.34. The number of nitrogens with one attached hydrogen (secondary N) is 1. The molecule has 0 bridgehead atoms. The Bertz CT molecular complexity index is 1060. The number of rotatable bonds is 8. The maximum Gasteiger partial charge on any atom is 0.293 e. The number of carbonyl (C=O) groups is 3. The van der Waals surface area contributed by atoms with Crippen LogP contribution in [0.5, 0.6) is 17.2 Å². The number of benzene rings is 2. The molecule has 3 rings (SSSR count). The molecule has 0 unspecified atom stereocenters. The molecule has 2 aromatic carbocycles. The molecular formula is C22H21FN2O6S. The Hall–Kier alpha value is -3.53. The van der Waals surface area contributed by atoms with E-state index in [4.69, 9.17) is 14.2 Å². The number of thioether (sulfide) groups is 1. The Morgan fingerprint density at radius 3 is 2.38 bits per heavy atom. The van der Waals surface area contributed by atoms with Crippen molar-refractivity contribution in [2.24, 2.45) is 0 Å². The lowest BCUT2D eigenvalue weighted by atomic mass is 10.1. The second-order valence-corrected chi connectivity index (χ2v) is 7.55. The SMILES string of the molecule is COc1cc(/C=C2\SC(=O)N(CCNC(=O)c3cccc(F)c3)C2=O)cc(OC)c1OC. The summed E-state index contributed by atoms with van der Waals surface area (Å²) in [5.74, 6) is -0.261. The van der Waals surface area contributed by atoms with Crippen molar-refractivity contribution in [3.8, 4) is 17.2 Å². The van der Waals surface area contributed by atoms with Crippen LogP contribution in [0.4, 0.5) is 9.18 Å². The first-order valence-electron chi connectivity index (χ1n) is 9.47. The van der Waals surface area contributed by atoms with Gasteiger partial charge in [-0.15, -0.1) is 0 Å². The zero-order valence-corrected chi connectivity index (χ0v) is 18.5. The first-order chi connectivity index (χ1) is 15.4. The van der Waals surface area contributed by atoms with Gasteiger partial charge in [0.15, 0.2) is 11.5 Å². The fourth-order valence-electron chi connectivity index (χ4n) is 3.04. The highest BCUT2D eigenvalue weighted by atomic mass is 32.2. The zero-order valence-electron chi connectivity index (χ0n) is 17.6. The van der Waals surface area contributed by atoms with Crippen LogP contribution in [0.1, 0.15) is 15.9 Å². The Labute approximate surface area is 188 Å². The molecule has 168 valence electrons. The molecule has 10 heteroatoms. The monoisotopic (exact) mass is 460 g/mol. The summed E-state index contributed by atoms with van der Waals surface area (Å²) in [6, 6.07) is 8.56. The van der Waals surface area contributed by atoms with Crippen molar-refractivity contribution in [3.63, 3.8) is 0 Å². The molecule has 8 nitrogen and oxygen atoms in total. The molecule has 32 heavy (non-hydrogen) atoms. The van der Waals surface area contributed by atoms with Gasteiger partial charge in [0.25, 0.3) is 17.1 Å². The van der Waals surface area contributed by atoms with Crippen LogP contribution < -0.4 is 19.5 Å². The van der Waals surface area contributed by atoms with E-state index in [0.717, 1.165) is 22.7 Å². The van der Waals surface area contributed by atoms with E-state index in [2.05, 4.69) is 5.32 Å². The summed E-state index contributed by atoms with van der Waals surface area (Å²) in [5.41, 5.74) is 0.742. The van der Waals surface area contributed by atoms with Crippen LogP contribution in [0.25, 0.3) is 6.08 Å². The molecule has 0 aliphatic carbocycles. The normalized spacial score (nSPS) is 14.6. The van der Waals surface area contributed by atoms with Crippen LogP contribution in [-0.4, -0.2) is 56.4 Å². The first kappa shape index (κ1) is 23.1. The third-order valence-corrected chi connectivity index (χ3v) is 5.47. The quantitative estimate of drug-likeness (QED) is 0.604. The second-order valence-electron chi connectivity index (χ2n) is 6.56. The predicted molar refractivity (Wildman–Crippen MR) is 118 cm³/mol. The lowest BCUT2D eigenvalue weighted by molar-refractivity contribution is -0.122. The fraction of sp³-hybridized carbons (Fsp3) is 0.227. The fourth-order valence-corrected chi connectivity index (χ4v) is 3.91. The zero-order chi connectivity index (χ0) is 23.3. The van der Waals surface area contributed by atoms with Gasteiger partial charge in [-0.1, -0.05) is 6.07 Å². The van der Waals surface area contributed by atoms with Gasteiger partial charge in [-0.05, 0) is 53.7 Å². The molecule has 1 fully saturated rings. The van der Waals surface area contributed by atoms with Crippen molar-refractivity contribution >= 4 is 34.9 Å².